The van der Waals surface area contributed by atoms with Crippen molar-refractivity contribution in [3.8, 4) is 5.69 Å². The third kappa shape index (κ3) is 3.77. The number of fused-ring (bicyclic) bond motifs is 3. The predicted molar refractivity (Wildman–Crippen MR) is 123 cm³/mol. The van der Waals surface area contributed by atoms with Gasteiger partial charge in [-0.3, -0.25) is 19.4 Å². The number of pyridine rings is 1. The molecule has 1 N–H and O–H groups in total. The summed E-state index contributed by atoms with van der Waals surface area (Å²) in [6.45, 7) is 6.41. The fraction of sp³-hybridized carbons (Fsp3) is 0.364. The molecule has 31 heavy (non-hydrogen) atoms. The van der Waals surface area contributed by atoms with Crippen LogP contribution in [0.2, 0.25) is 0 Å². The number of aliphatic hydroxyl groups is 1. The Labute approximate surface area is 189 Å². The molecule has 5 rings (SSSR count). The number of aromatic nitrogens is 4. The molecule has 9 heteroatoms. The van der Waals surface area contributed by atoms with Crippen LogP contribution in [0.15, 0.2) is 52.1 Å². The van der Waals surface area contributed by atoms with Crippen molar-refractivity contribution in [3.05, 3.63) is 64.1 Å². The molecule has 0 saturated carbocycles. The first-order valence-corrected chi connectivity index (χ1v) is 11.3. The number of piperazine rings is 1. The van der Waals surface area contributed by atoms with Crippen LogP contribution in [0.5, 0.6) is 0 Å². The highest BCUT2D eigenvalue weighted by molar-refractivity contribution is 9.10. The van der Waals surface area contributed by atoms with Crippen molar-refractivity contribution < 1.29 is 5.11 Å². The second kappa shape index (κ2) is 8.49. The smallest absolute Gasteiger partial charge is 0.232 e. The monoisotopic (exact) mass is 481 g/mol. The molecule has 1 saturated heterocycles. The Morgan fingerprint density at radius 1 is 1.10 bits per heavy atom. The van der Waals surface area contributed by atoms with Crippen molar-refractivity contribution in [2.24, 2.45) is 4.99 Å². The summed E-state index contributed by atoms with van der Waals surface area (Å²) in [4.78, 5) is 14.1. The van der Waals surface area contributed by atoms with Crippen LogP contribution in [0.25, 0.3) is 5.69 Å². The van der Waals surface area contributed by atoms with Crippen LogP contribution in [-0.4, -0.2) is 74.8 Å². The van der Waals surface area contributed by atoms with Gasteiger partial charge in [-0.25, -0.2) is 0 Å². The van der Waals surface area contributed by atoms with Gasteiger partial charge in [-0.05, 0) is 37.3 Å². The number of hydrogen-bond acceptors (Lipinski definition) is 7. The number of halogens is 1. The van der Waals surface area contributed by atoms with E-state index in [0.717, 1.165) is 65.1 Å². The van der Waals surface area contributed by atoms with Gasteiger partial charge in [0.25, 0.3) is 0 Å². The lowest BCUT2D eigenvalue weighted by Gasteiger charge is -2.35. The van der Waals surface area contributed by atoms with E-state index in [9.17, 15) is 5.11 Å². The number of rotatable bonds is 4. The Balaban J connectivity index is 1.60. The van der Waals surface area contributed by atoms with Gasteiger partial charge in [-0.2, -0.15) is 0 Å². The number of benzene rings is 1. The molecule has 0 radical (unpaired) electrons. The number of aliphatic hydroxyl groups excluding tert-OH is 1. The lowest BCUT2D eigenvalue weighted by atomic mass is 10.0. The minimum Gasteiger partial charge on any atom is -0.395 e. The third-order valence-electron chi connectivity index (χ3n) is 5.80. The van der Waals surface area contributed by atoms with Crippen LogP contribution in [0.3, 0.4) is 0 Å². The molecule has 0 aliphatic carbocycles. The van der Waals surface area contributed by atoms with Crippen LogP contribution in [0.1, 0.15) is 30.0 Å². The summed E-state index contributed by atoms with van der Waals surface area (Å²) in [5, 5.41) is 18.4. The standard InChI is InChI=1S/C22H24BrN7O/c1-15-21-26-27-22(29-10-8-28(9-11-29)12-13-31)30(21)19-6-5-16(23)14-17(19)20(25-15)18-4-2-3-7-24-18/h2-7,14-15,31H,8-13H2,1H3. The van der Waals surface area contributed by atoms with Crippen LogP contribution in [0, 0.1) is 0 Å². The van der Waals surface area contributed by atoms with E-state index in [1.54, 1.807) is 6.20 Å². The van der Waals surface area contributed by atoms with Crippen molar-refractivity contribution in [1.29, 1.82) is 0 Å². The second-order valence-corrected chi connectivity index (χ2v) is 8.69. The van der Waals surface area contributed by atoms with Gasteiger partial charge in [0.1, 0.15) is 6.04 Å². The van der Waals surface area contributed by atoms with E-state index in [4.69, 9.17) is 4.99 Å². The summed E-state index contributed by atoms with van der Waals surface area (Å²) >= 11 is 3.63. The molecular weight excluding hydrogens is 458 g/mol. The normalized spacial score (nSPS) is 18.9. The Morgan fingerprint density at radius 3 is 2.68 bits per heavy atom. The van der Waals surface area contributed by atoms with Crippen LogP contribution in [-0.2, 0) is 0 Å². The lowest BCUT2D eigenvalue weighted by Crippen LogP contribution is -2.48. The molecule has 1 atom stereocenters. The van der Waals surface area contributed by atoms with E-state index < -0.39 is 0 Å². The summed E-state index contributed by atoms with van der Waals surface area (Å²) in [6, 6.07) is 11.9. The molecule has 2 aliphatic heterocycles. The molecule has 1 fully saturated rings. The SMILES string of the molecule is CC1N=C(c2ccccn2)c2cc(Br)ccc2-n2c1nnc2N1CCN(CCO)CC1. The molecule has 2 aliphatic rings. The summed E-state index contributed by atoms with van der Waals surface area (Å²) in [7, 11) is 0. The molecule has 160 valence electrons. The van der Waals surface area contributed by atoms with Crippen molar-refractivity contribution in [2.75, 3.05) is 44.2 Å². The zero-order valence-corrected chi connectivity index (χ0v) is 18.9. The summed E-state index contributed by atoms with van der Waals surface area (Å²) < 4.78 is 3.13. The first-order valence-electron chi connectivity index (χ1n) is 10.5. The summed E-state index contributed by atoms with van der Waals surface area (Å²) in [6.07, 6.45) is 1.79. The fourth-order valence-corrected chi connectivity index (χ4v) is 4.59. The zero-order chi connectivity index (χ0) is 21.4. The van der Waals surface area contributed by atoms with Crippen LogP contribution >= 0.6 is 15.9 Å². The third-order valence-corrected chi connectivity index (χ3v) is 6.29. The maximum absolute atomic E-state index is 9.23. The van der Waals surface area contributed by atoms with E-state index in [-0.39, 0.29) is 12.6 Å². The molecule has 0 bridgehead atoms. The quantitative estimate of drug-likeness (QED) is 0.616. The van der Waals surface area contributed by atoms with Crippen molar-refractivity contribution in [2.45, 2.75) is 13.0 Å². The average Bonchev–Trinajstić information content (AvgIpc) is 3.19. The number of anilines is 1. The van der Waals surface area contributed by atoms with Gasteiger partial charge in [0.15, 0.2) is 5.82 Å². The summed E-state index contributed by atoms with van der Waals surface area (Å²) in [5.74, 6) is 1.66. The average molecular weight is 482 g/mol. The molecule has 8 nitrogen and oxygen atoms in total. The Bertz CT molecular complexity index is 1110. The van der Waals surface area contributed by atoms with Crippen molar-refractivity contribution in [3.63, 3.8) is 0 Å². The number of hydrogen-bond donors (Lipinski definition) is 1. The topological polar surface area (TPSA) is 82.7 Å². The molecule has 2 aromatic heterocycles. The minimum absolute atomic E-state index is 0.167. The highest BCUT2D eigenvalue weighted by atomic mass is 79.9. The van der Waals surface area contributed by atoms with E-state index >= 15 is 0 Å². The van der Waals surface area contributed by atoms with Crippen LogP contribution in [0.4, 0.5) is 5.95 Å². The Morgan fingerprint density at radius 2 is 1.94 bits per heavy atom. The zero-order valence-electron chi connectivity index (χ0n) is 17.3. The van der Waals surface area contributed by atoms with Gasteiger partial charge in [0.2, 0.25) is 5.95 Å². The fourth-order valence-electron chi connectivity index (χ4n) is 4.23. The Hall–Kier alpha value is -2.62. The maximum Gasteiger partial charge on any atom is 0.232 e. The number of β-amino-alcohol motifs (C(OH)–C–C–N with tert-alkyl or cyclic N) is 1. The van der Waals surface area contributed by atoms with E-state index in [2.05, 4.69) is 57.6 Å². The van der Waals surface area contributed by atoms with Crippen molar-refractivity contribution >= 4 is 27.6 Å². The highest BCUT2D eigenvalue weighted by Crippen LogP contribution is 2.34. The molecule has 4 heterocycles. The van der Waals surface area contributed by atoms with E-state index in [0.29, 0.717) is 6.54 Å². The van der Waals surface area contributed by atoms with Gasteiger partial charge in [-0.15, -0.1) is 10.2 Å². The predicted octanol–water partition coefficient (Wildman–Crippen LogP) is 2.45. The first kappa shape index (κ1) is 20.3. The van der Waals surface area contributed by atoms with E-state index in [1.807, 2.05) is 31.2 Å². The second-order valence-electron chi connectivity index (χ2n) is 7.78. The molecular formula is C22H24BrN7O. The van der Waals surface area contributed by atoms with Gasteiger partial charge in [0.05, 0.1) is 23.7 Å². The van der Waals surface area contributed by atoms with Crippen LogP contribution < -0.4 is 4.90 Å². The minimum atomic E-state index is -0.167. The first-order chi connectivity index (χ1) is 15.2. The molecule has 0 spiro atoms. The molecule has 3 aromatic rings. The molecule has 1 aromatic carbocycles. The maximum atomic E-state index is 9.23. The molecule has 0 amide bonds. The largest absolute Gasteiger partial charge is 0.395 e. The molecule has 1 unspecified atom stereocenters. The van der Waals surface area contributed by atoms with Gasteiger partial charge in [-0.1, -0.05) is 22.0 Å². The highest BCUT2D eigenvalue weighted by Gasteiger charge is 2.30. The van der Waals surface area contributed by atoms with E-state index in [1.165, 1.54) is 0 Å². The Kier molecular flexibility index (Phi) is 5.56. The van der Waals surface area contributed by atoms with Gasteiger partial charge in [0, 0.05) is 49.0 Å². The van der Waals surface area contributed by atoms with Crippen molar-refractivity contribution in [1.82, 2.24) is 24.6 Å². The summed E-state index contributed by atoms with van der Waals surface area (Å²) in [5.41, 5.74) is 3.70. The number of nitrogens with zero attached hydrogens (tertiary/aromatic N) is 7. The van der Waals surface area contributed by atoms with Gasteiger partial charge >= 0.3 is 0 Å². The number of aliphatic imine (C=N–C) groups is 1. The lowest BCUT2D eigenvalue weighted by molar-refractivity contribution is 0.188. The van der Waals surface area contributed by atoms with Gasteiger partial charge < -0.3 is 10.0 Å².